The van der Waals surface area contributed by atoms with Crippen molar-refractivity contribution in [3.8, 4) is 5.75 Å². The summed E-state index contributed by atoms with van der Waals surface area (Å²) in [6.07, 6.45) is 0.664. The number of nitrogens with one attached hydrogen (secondary N) is 2. The van der Waals surface area contributed by atoms with Crippen LogP contribution < -0.4 is 15.4 Å². The second kappa shape index (κ2) is 7.64. The number of morpholine rings is 1. The Bertz CT molecular complexity index is 544. The van der Waals surface area contributed by atoms with Crippen molar-refractivity contribution in [1.29, 1.82) is 0 Å². The standard InChI is InChI=1S/C15H19BrN2O3.ClH/c1-9-14(17-5-7-20-9)15(19)18-12-4-6-21-13-3-2-10(16)8-11(12)13;/h2-3,8-9,12,14,17H,4-7H2,1H3,(H,18,19);1H/t9-,12?,14+;/m1./s1. The van der Waals surface area contributed by atoms with Crippen molar-refractivity contribution in [3.63, 3.8) is 0 Å². The number of carbonyl (C=O) groups excluding carboxylic acids is 1. The minimum Gasteiger partial charge on any atom is -0.493 e. The first-order valence-electron chi connectivity index (χ1n) is 7.23. The van der Waals surface area contributed by atoms with Crippen LogP contribution in [-0.2, 0) is 9.53 Å². The monoisotopic (exact) mass is 390 g/mol. The van der Waals surface area contributed by atoms with Crippen LogP contribution in [0.3, 0.4) is 0 Å². The van der Waals surface area contributed by atoms with E-state index < -0.39 is 0 Å². The zero-order chi connectivity index (χ0) is 14.8. The third-order valence-electron chi connectivity index (χ3n) is 3.93. The predicted molar refractivity (Wildman–Crippen MR) is 89.6 cm³/mol. The van der Waals surface area contributed by atoms with Gasteiger partial charge >= 0.3 is 0 Å². The number of carbonyl (C=O) groups is 1. The first-order chi connectivity index (χ1) is 10.1. The molecule has 0 spiro atoms. The van der Waals surface area contributed by atoms with E-state index in [0.29, 0.717) is 19.8 Å². The van der Waals surface area contributed by atoms with Crippen LogP contribution in [-0.4, -0.2) is 37.8 Å². The molecule has 0 radical (unpaired) electrons. The van der Waals surface area contributed by atoms with Crippen molar-refractivity contribution in [3.05, 3.63) is 28.2 Å². The molecule has 122 valence electrons. The summed E-state index contributed by atoms with van der Waals surface area (Å²) in [7, 11) is 0. The molecule has 1 aromatic carbocycles. The average molecular weight is 392 g/mol. The molecule has 2 aliphatic rings. The number of ether oxygens (including phenoxy) is 2. The highest BCUT2D eigenvalue weighted by Gasteiger charge is 2.31. The maximum absolute atomic E-state index is 12.5. The van der Waals surface area contributed by atoms with Gasteiger partial charge in [-0.2, -0.15) is 0 Å². The number of rotatable bonds is 2. The fourth-order valence-corrected chi connectivity index (χ4v) is 3.18. The Morgan fingerprint density at radius 1 is 1.41 bits per heavy atom. The topological polar surface area (TPSA) is 59.6 Å². The van der Waals surface area contributed by atoms with E-state index in [1.165, 1.54) is 0 Å². The van der Waals surface area contributed by atoms with Gasteiger partial charge in [-0.3, -0.25) is 4.79 Å². The number of hydrogen-bond donors (Lipinski definition) is 2. The molecule has 2 N–H and O–H groups in total. The van der Waals surface area contributed by atoms with Gasteiger partial charge in [0.2, 0.25) is 5.91 Å². The minimum absolute atomic E-state index is 0. The third kappa shape index (κ3) is 3.74. The molecule has 1 unspecified atom stereocenters. The molecule has 1 amide bonds. The summed E-state index contributed by atoms with van der Waals surface area (Å²) in [4.78, 5) is 12.5. The Hall–Kier alpha value is -0.820. The zero-order valence-corrected chi connectivity index (χ0v) is 14.7. The molecule has 7 heteroatoms. The molecule has 1 aromatic rings. The highest BCUT2D eigenvalue weighted by atomic mass is 79.9. The van der Waals surface area contributed by atoms with E-state index in [4.69, 9.17) is 9.47 Å². The van der Waals surface area contributed by atoms with Gasteiger partial charge in [-0.1, -0.05) is 15.9 Å². The molecule has 22 heavy (non-hydrogen) atoms. The van der Waals surface area contributed by atoms with Gasteiger partial charge in [0.1, 0.15) is 11.8 Å². The molecule has 1 fully saturated rings. The predicted octanol–water partition coefficient (Wildman–Crippen LogP) is 2.19. The van der Waals surface area contributed by atoms with Crippen molar-refractivity contribution in [2.24, 2.45) is 0 Å². The van der Waals surface area contributed by atoms with Crippen LogP contribution in [0.5, 0.6) is 5.75 Å². The van der Waals surface area contributed by atoms with Crippen LogP contribution in [0, 0.1) is 0 Å². The van der Waals surface area contributed by atoms with Gasteiger partial charge in [-0.15, -0.1) is 12.4 Å². The Labute approximate surface area is 144 Å². The third-order valence-corrected chi connectivity index (χ3v) is 4.42. The SMILES string of the molecule is C[C@H]1OCCN[C@@H]1C(=O)NC1CCOc2ccc(Br)cc21.Cl. The fraction of sp³-hybridized carbons (Fsp3) is 0.533. The molecule has 3 rings (SSSR count). The van der Waals surface area contributed by atoms with Gasteiger partial charge in [0, 0.05) is 23.0 Å². The van der Waals surface area contributed by atoms with E-state index in [0.717, 1.165) is 22.2 Å². The summed E-state index contributed by atoms with van der Waals surface area (Å²) in [6, 6.07) is 5.57. The van der Waals surface area contributed by atoms with E-state index >= 15 is 0 Å². The molecular weight excluding hydrogens is 372 g/mol. The van der Waals surface area contributed by atoms with Crippen LogP contribution in [0.4, 0.5) is 0 Å². The van der Waals surface area contributed by atoms with Crippen molar-refractivity contribution in [2.75, 3.05) is 19.8 Å². The zero-order valence-electron chi connectivity index (χ0n) is 12.3. The van der Waals surface area contributed by atoms with E-state index in [1.807, 2.05) is 25.1 Å². The second-order valence-corrected chi connectivity index (χ2v) is 6.30. The fourth-order valence-electron chi connectivity index (χ4n) is 2.80. The summed E-state index contributed by atoms with van der Waals surface area (Å²) >= 11 is 3.47. The van der Waals surface area contributed by atoms with Crippen LogP contribution >= 0.6 is 28.3 Å². The summed E-state index contributed by atoms with van der Waals surface area (Å²) in [5.74, 6) is 0.829. The number of amides is 1. The van der Waals surface area contributed by atoms with Gasteiger partial charge in [-0.25, -0.2) is 0 Å². The van der Waals surface area contributed by atoms with Gasteiger partial charge in [0.15, 0.2) is 0 Å². The van der Waals surface area contributed by atoms with E-state index in [1.54, 1.807) is 0 Å². The molecule has 1 saturated heterocycles. The largest absolute Gasteiger partial charge is 0.493 e. The van der Waals surface area contributed by atoms with Crippen LogP contribution in [0.25, 0.3) is 0 Å². The number of halogens is 2. The lowest BCUT2D eigenvalue weighted by Gasteiger charge is -2.32. The Balaban J connectivity index is 0.00000176. The van der Waals surface area contributed by atoms with Gasteiger partial charge < -0.3 is 20.1 Å². The van der Waals surface area contributed by atoms with Gasteiger partial charge in [0.05, 0.1) is 25.4 Å². The molecule has 2 heterocycles. The summed E-state index contributed by atoms with van der Waals surface area (Å²) < 4.78 is 12.2. The smallest absolute Gasteiger partial charge is 0.240 e. The first-order valence-corrected chi connectivity index (χ1v) is 8.02. The highest BCUT2D eigenvalue weighted by Crippen LogP contribution is 2.34. The Kier molecular flexibility index (Phi) is 6.09. The second-order valence-electron chi connectivity index (χ2n) is 5.39. The summed E-state index contributed by atoms with van der Waals surface area (Å²) in [6.45, 7) is 3.89. The lowest BCUT2D eigenvalue weighted by atomic mass is 9.99. The van der Waals surface area contributed by atoms with Gasteiger partial charge in [0.25, 0.3) is 0 Å². The lowest BCUT2D eigenvalue weighted by molar-refractivity contribution is -0.129. The molecule has 3 atom stereocenters. The van der Waals surface area contributed by atoms with Crippen molar-refractivity contribution < 1.29 is 14.3 Å². The normalized spacial score (nSPS) is 27.1. The van der Waals surface area contributed by atoms with E-state index in [-0.39, 0.29) is 36.5 Å². The van der Waals surface area contributed by atoms with E-state index in [2.05, 4.69) is 26.6 Å². The Morgan fingerprint density at radius 2 is 2.23 bits per heavy atom. The number of hydrogen-bond acceptors (Lipinski definition) is 4. The number of fused-ring (bicyclic) bond motifs is 1. The Morgan fingerprint density at radius 3 is 3.00 bits per heavy atom. The number of benzene rings is 1. The molecule has 0 aromatic heterocycles. The van der Waals surface area contributed by atoms with Crippen molar-refractivity contribution >= 4 is 34.2 Å². The van der Waals surface area contributed by atoms with Crippen LogP contribution in [0.2, 0.25) is 0 Å². The molecule has 0 bridgehead atoms. The van der Waals surface area contributed by atoms with Crippen LogP contribution in [0.15, 0.2) is 22.7 Å². The lowest BCUT2D eigenvalue weighted by Crippen LogP contribution is -2.56. The molecular formula is C15H20BrClN2O3. The minimum atomic E-state index is -0.294. The maximum Gasteiger partial charge on any atom is 0.240 e. The quantitative estimate of drug-likeness (QED) is 0.811. The van der Waals surface area contributed by atoms with Crippen molar-refractivity contribution in [1.82, 2.24) is 10.6 Å². The van der Waals surface area contributed by atoms with Crippen LogP contribution in [0.1, 0.15) is 24.9 Å². The van der Waals surface area contributed by atoms with E-state index in [9.17, 15) is 4.79 Å². The summed E-state index contributed by atoms with van der Waals surface area (Å²) in [5.41, 5.74) is 1.02. The highest BCUT2D eigenvalue weighted by molar-refractivity contribution is 9.10. The molecule has 0 saturated carbocycles. The average Bonchev–Trinajstić information content (AvgIpc) is 2.48. The molecule has 2 aliphatic heterocycles. The first kappa shape index (κ1) is 17.5. The van der Waals surface area contributed by atoms with Crippen molar-refractivity contribution in [2.45, 2.75) is 31.5 Å². The summed E-state index contributed by atoms with van der Waals surface area (Å²) in [5, 5.41) is 6.34. The molecule has 5 nitrogen and oxygen atoms in total. The molecule has 0 aliphatic carbocycles. The maximum atomic E-state index is 12.5. The van der Waals surface area contributed by atoms with Gasteiger partial charge in [-0.05, 0) is 25.1 Å².